The van der Waals surface area contributed by atoms with Gasteiger partial charge in [0.2, 0.25) is 5.60 Å². The Morgan fingerprint density at radius 2 is 1.79 bits per heavy atom. The van der Waals surface area contributed by atoms with E-state index >= 15 is 0 Å². The van der Waals surface area contributed by atoms with Crippen LogP contribution in [0.3, 0.4) is 0 Å². The molecule has 1 aliphatic carbocycles. The Bertz CT molecular complexity index is 648. The molecule has 0 saturated heterocycles. The summed E-state index contributed by atoms with van der Waals surface area (Å²) in [5.74, 6) is 1.75. The Hall–Kier alpha value is -1.34. The second kappa shape index (κ2) is 11.7. The lowest BCUT2D eigenvalue weighted by Gasteiger charge is -2.46. The molecule has 0 aliphatic heterocycles. The molecule has 1 aromatic rings. The van der Waals surface area contributed by atoms with Crippen molar-refractivity contribution in [3.63, 3.8) is 0 Å². The van der Waals surface area contributed by atoms with Crippen molar-refractivity contribution in [2.24, 2.45) is 5.92 Å². The fourth-order valence-corrected chi connectivity index (χ4v) is 6.79. The molecule has 1 saturated carbocycles. The number of rotatable bonds is 10. The third kappa shape index (κ3) is 6.32. The molecule has 0 radical (unpaired) electrons. The van der Waals surface area contributed by atoms with Crippen LogP contribution in [-0.4, -0.2) is 46.3 Å². The van der Waals surface area contributed by atoms with Gasteiger partial charge in [0, 0.05) is 19.3 Å². The van der Waals surface area contributed by atoms with Gasteiger partial charge in [-0.1, -0.05) is 32.0 Å². The average Bonchev–Trinajstić information content (AvgIpc) is 2.69. The van der Waals surface area contributed by atoms with Crippen LogP contribution in [0.1, 0.15) is 47.0 Å². The van der Waals surface area contributed by atoms with E-state index in [0.717, 1.165) is 11.5 Å². The van der Waals surface area contributed by atoms with Crippen molar-refractivity contribution >= 4 is 35.5 Å². The van der Waals surface area contributed by atoms with Crippen LogP contribution in [0.25, 0.3) is 0 Å². The molecule has 29 heavy (non-hydrogen) atoms. The molecule has 0 spiro atoms. The topological polar surface area (TPSA) is 61.8 Å². The number of hydrogen-bond donors (Lipinski definition) is 0. The largest absolute Gasteiger partial charge is 0.475 e. The number of carbonyl (C=O) groups excluding carboxylic acids is 2. The second-order valence-corrected chi connectivity index (χ2v) is 10.1. The lowest BCUT2D eigenvalue weighted by atomic mass is 9.74. The van der Waals surface area contributed by atoms with Crippen LogP contribution in [0.2, 0.25) is 0 Å². The summed E-state index contributed by atoms with van der Waals surface area (Å²) in [6.07, 6.45) is 1.39. The fourth-order valence-electron chi connectivity index (χ4n) is 3.81. The minimum atomic E-state index is -1.09. The molecule has 162 valence electrons. The summed E-state index contributed by atoms with van der Waals surface area (Å²) in [4.78, 5) is 24.9. The molecule has 5 nitrogen and oxygen atoms in total. The van der Waals surface area contributed by atoms with Gasteiger partial charge >= 0.3 is 11.9 Å². The first kappa shape index (κ1) is 23.9. The maximum Gasteiger partial charge on any atom is 0.350 e. The smallest absolute Gasteiger partial charge is 0.350 e. The van der Waals surface area contributed by atoms with E-state index in [-0.39, 0.29) is 28.5 Å². The zero-order chi connectivity index (χ0) is 21.3. The summed E-state index contributed by atoms with van der Waals surface area (Å²) in [7, 11) is 0. The Morgan fingerprint density at radius 3 is 2.34 bits per heavy atom. The number of hydrogen-bond acceptors (Lipinski definition) is 7. The lowest BCUT2D eigenvalue weighted by Crippen LogP contribution is -2.58. The highest BCUT2D eigenvalue weighted by Crippen LogP contribution is 2.47. The molecule has 0 bridgehead atoms. The van der Waals surface area contributed by atoms with Crippen LogP contribution in [0, 0.1) is 5.92 Å². The Labute approximate surface area is 182 Å². The molecule has 3 atom stereocenters. The number of carbonyl (C=O) groups is 2. The molecule has 0 amide bonds. The Morgan fingerprint density at radius 1 is 1.14 bits per heavy atom. The van der Waals surface area contributed by atoms with E-state index in [1.54, 1.807) is 0 Å². The highest BCUT2D eigenvalue weighted by atomic mass is 32.2. The van der Waals surface area contributed by atoms with Crippen molar-refractivity contribution in [2.45, 2.75) is 63.2 Å². The van der Waals surface area contributed by atoms with Crippen molar-refractivity contribution in [3.8, 4) is 5.75 Å². The van der Waals surface area contributed by atoms with Gasteiger partial charge in [-0.3, -0.25) is 4.79 Å². The van der Waals surface area contributed by atoms with E-state index in [0.29, 0.717) is 31.6 Å². The minimum absolute atomic E-state index is 0.136. The van der Waals surface area contributed by atoms with Crippen molar-refractivity contribution in [3.05, 3.63) is 30.3 Å². The van der Waals surface area contributed by atoms with Crippen LogP contribution in [-0.2, 0) is 19.1 Å². The quantitative estimate of drug-likeness (QED) is 0.377. The number of esters is 2. The van der Waals surface area contributed by atoms with Crippen LogP contribution in [0.15, 0.2) is 30.3 Å². The first-order valence-electron chi connectivity index (χ1n) is 10.3. The zero-order valence-electron chi connectivity index (χ0n) is 17.7. The van der Waals surface area contributed by atoms with Gasteiger partial charge in [-0.05, 0) is 43.4 Å². The summed E-state index contributed by atoms with van der Waals surface area (Å²) >= 11 is 3.62. The predicted molar refractivity (Wildman–Crippen MR) is 119 cm³/mol. The fraction of sp³-hybridized carbons (Fsp3) is 0.636. The van der Waals surface area contributed by atoms with Gasteiger partial charge in [0.1, 0.15) is 11.9 Å². The van der Waals surface area contributed by atoms with Crippen LogP contribution >= 0.6 is 23.5 Å². The van der Waals surface area contributed by atoms with Gasteiger partial charge in [-0.2, -0.15) is 0 Å². The van der Waals surface area contributed by atoms with Gasteiger partial charge in [0.05, 0.1) is 11.2 Å². The van der Waals surface area contributed by atoms with Gasteiger partial charge < -0.3 is 14.2 Å². The Kier molecular flexibility index (Phi) is 9.69. The molecule has 0 heterocycles. The SMILES string of the molecule is CCOC(=O)C1(Oc2ccccc2)CCC(OC(C)=O)CC1C(SCC)SCC. The molecule has 2 rings (SSSR count). The normalized spacial score (nSPS) is 24.2. The molecule has 1 fully saturated rings. The van der Waals surface area contributed by atoms with Crippen molar-refractivity contribution in [1.29, 1.82) is 0 Å². The highest BCUT2D eigenvalue weighted by molar-refractivity contribution is 8.17. The number of ether oxygens (including phenoxy) is 3. The first-order chi connectivity index (χ1) is 14.0. The maximum atomic E-state index is 13.3. The van der Waals surface area contributed by atoms with Crippen LogP contribution < -0.4 is 4.74 Å². The third-order valence-corrected chi connectivity index (χ3v) is 7.74. The molecular formula is C22H32O5S2. The second-order valence-electron chi connectivity index (χ2n) is 6.92. The van der Waals surface area contributed by atoms with E-state index < -0.39 is 5.60 Å². The summed E-state index contributed by atoms with van der Waals surface area (Å²) in [5.41, 5.74) is -1.09. The summed E-state index contributed by atoms with van der Waals surface area (Å²) in [6.45, 7) is 7.77. The van der Waals surface area contributed by atoms with Crippen molar-refractivity contribution in [2.75, 3.05) is 18.1 Å². The number of benzene rings is 1. The summed E-state index contributed by atoms with van der Waals surface area (Å²) in [5, 5.41) is 0. The Balaban J connectivity index is 2.46. The first-order valence-corrected chi connectivity index (χ1v) is 12.4. The zero-order valence-corrected chi connectivity index (χ0v) is 19.4. The third-order valence-electron chi connectivity index (χ3n) is 4.94. The van der Waals surface area contributed by atoms with Crippen molar-refractivity contribution < 1.29 is 23.8 Å². The molecular weight excluding hydrogens is 408 g/mol. The van der Waals surface area contributed by atoms with E-state index in [1.165, 1.54) is 6.92 Å². The minimum Gasteiger partial charge on any atom is -0.475 e. The van der Waals surface area contributed by atoms with Crippen molar-refractivity contribution in [1.82, 2.24) is 0 Å². The molecule has 0 N–H and O–H groups in total. The molecule has 1 aliphatic rings. The number of thioether (sulfide) groups is 2. The van der Waals surface area contributed by atoms with E-state index in [2.05, 4.69) is 13.8 Å². The number of para-hydroxylation sites is 1. The van der Waals surface area contributed by atoms with E-state index in [9.17, 15) is 9.59 Å². The maximum absolute atomic E-state index is 13.3. The van der Waals surface area contributed by atoms with E-state index in [1.807, 2.05) is 60.8 Å². The summed E-state index contributed by atoms with van der Waals surface area (Å²) < 4.78 is 17.7. The van der Waals surface area contributed by atoms with Crippen LogP contribution in [0.4, 0.5) is 0 Å². The highest BCUT2D eigenvalue weighted by Gasteiger charge is 2.56. The molecule has 7 heteroatoms. The molecule has 3 unspecified atom stereocenters. The molecule has 1 aromatic carbocycles. The predicted octanol–water partition coefficient (Wildman–Crippen LogP) is 4.93. The van der Waals surface area contributed by atoms with Crippen LogP contribution in [0.5, 0.6) is 5.75 Å². The average molecular weight is 441 g/mol. The van der Waals surface area contributed by atoms with Gasteiger partial charge in [0.15, 0.2) is 0 Å². The van der Waals surface area contributed by atoms with Gasteiger partial charge in [-0.25, -0.2) is 4.79 Å². The van der Waals surface area contributed by atoms with E-state index in [4.69, 9.17) is 14.2 Å². The monoisotopic (exact) mass is 440 g/mol. The standard InChI is InChI=1S/C22H32O5S2/c1-5-25-21(24)22(27-17-11-9-8-10-12-17)14-13-18(26-16(4)23)15-19(22)20(28-6-2)29-7-3/h8-12,18-20H,5-7,13-15H2,1-4H3. The summed E-state index contributed by atoms with van der Waals surface area (Å²) in [6, 6.07) is 9.44. The van der Waals surface area contributed by atoms with Gasteiger partial charge in [-0.15, -0.1) is 23.5 Å². The molecule has 0 aromatic heterocycles. The lowest BCUT2D eigenvalue weighted by molar-refractivity contribution is -0.176. The van der Waals surface area contributed by atoms with Gasteiger partial charge in [0.25, 0.3) is 0 Å².